The Labute approximate surface area is 138 Å². The van der Waals surface area contributed by atoms with Gasteiger partial charge in [0.25, 0.3) is 0 Å². The fourth-order valence-electron chi connectivity index (χ4n) is 3.85. The Hall–Kier alpha value is -2.60. The Bertz CT molecular complexity index is 821. The first-order chi connectivity index (χ1) is 11.2. The van der Waals surface area contributed by atoms with Crippen molar-refractivity contribution >= 4 is 11.1 Å². The van der Waals surface area contributed by atoms with Gasteiger partial charge >= 0.3 is 0 Å². The van der Waals surface area contributed by atoms with Gasteiger partial charge in [-0.1, -0.05) is 84.9 Å². The number of allylic oxidation sites excluding steroid dienone is 2. The second-order valence-corrected chi connectivity index (χ2v) is 6.42. The van der Waals surface area contributed by atoms with Gasteiger partial charge in [-0.25, -0.2) is 0 Å². The van der Waals surface area contributed by atoms with Crippen LogP contribution in [0.25, 0.3) is 11.1 Å². The summed E-state index contributed by atoms with van der Waals surface area (Å²) in [5, 5.41) is 0. The van der Waals surface area contributed by atoms with Crippen LogP contribution in [0.3, 0.4) is 0 Å². The first-order valence-electron chi connectivity index (χ1n) is 8.15. The summed E-state index contributed by atoms with van der Waals surface area (Å²) in [6.45, 7) is 4.57. The van der Waals surface area contributed by atoms with Crippen LogP contribution in [-0.4, -0.2) is 0 Å². The van der Waals surface area contributed by atoms with Crippen molar-refractivity contribution in [3.63, 3.8) is 0 Å². The maximum absolute atomic E-state index is 2.36. The zero-order valence-corrected chi connectivity index (χ0v) is 13.6. The molecule has 112 valence electrons. The average Bonchev–Trinajstić information content (AvgIpc) is 3.23. The second-order valence-electron chi connectivity index (χ2n) is 6.42. The summed E-state index contributed by atoms with van der Waals surface area (Å²) in [6.07, 6.45) is 0. The fourth-order valence-corrected chi connectivity index (χ4v) is 3.85. The molecule has 3 aromatic carbocycles. The van der Waals surface area contributed by atoms with Crippen molar-refractivity contribution in [2.24, 2.45) is 0 Å². The summed E-state index contributed by atoms with van der Waals surface area (Å²) in [5.41, 5.74) is 8.35. The van der Waals surface area contributed by atoms with E-state index in [1.165, 1.54) is 33.4 Å². The third-order valence-electron chi connectivity index (χ3n) is 5.00. The predicted molar refractivity (Wildman–Crippen MR) is 98.2 cm³/mol. The summed E-state index contributed by atoms with van der Waals surface area (Å²) in [7, 11) is 0. The van der Waals surface area contributed by atoms with E-state index in [1.54, 1.807) is 0 Å². The van der Waals surface area contributed by atoms with Gasteiger partial charge in [0, 0.05) is 5.41 Å². The maximum Gasteiger partial charge on any atom is 0.0444 e. The lowest BCUT2D eigenvalue weighted by molar-refractivity contribution is 0.884. The SMILES string of the molecule is Cc1ccccc1C1(C)C(c2ccccc2)=C1c1ccccc1. The smallest absolute Gasteiger partial charge is 0.0444 e. The lowest BCUT2D eigenvalue weighted by Gasteiger charge is -2.18. The van der Waals surface area contributed by atoms with Gasteiger partial charge in [-0.05, 0) is 47.2 Å². The molecular formula is C23H20. The van der Waals surface area contributed by atoms with Crippen molar-refractivity contribution < 1.29 is 0 Å². The highest BCUT2D eigenvalue weighted by Gasteiger charge is 2.51. The molecule has 4 rings (SSSR count). The number of benzene rings is 3. The fraction of sp³-hybridized carbons (Fsp3) is 0.130. The molecule has 0 unspecified atom stereocenters. The number of hydrogen-bond donors (Lipinski definition) is 0. The molecule has 0 atom stereocenters. The summed E-state index contributed by atoms with van der Waals surface area (Å²) in [6, 6.07) is 30.3. The first-order valence-corrected chi connectivity index (χ1v) is 8.15. The Balaban J connectivity index is 1.90. The van der Waals surface area contributed by atoms with E-state index in [0.29, 0.717) is 0 Å². The highest BCUT2D eigenvalue weighted by molar-refractivity contribution is 6.18. The van der Waals surface area contributed by atoms with E-state index in [2.05, 4.69) is 98.8 Å². The van der Waals surface area contributed by atoms with Crippen molar-refractivity contribution in [1.29, 1.82) is 0 Å². The van der Waals surface area contributed by atoms with E-state index in [1.807, 2.05) is 0 Å². The van der Waals surface area contributed by atoms with E-state index < -0.39 is 0 Å². The first kappa shape index (κ1) is 14.0. The topological polar surface area (TPSA) is 0 Å². The van der Waals surface area contributed by atoms with Gasteiger partial charge in [-0.3, -0.25) is 0 Å². The van der Waals surface area contributed by atoms with Crippen molar-refractivity contribution in [3.05, 3.63) is 107 Å². The Morgan fingerprint density at radius 1 is 0.565 bits per heavy atom. The third kappa shape index (κ3) is 2.14. The van der Waals surface area contributed by atoms with E-state index in [9.17, 15) is 0 Å². The molecule has 0 aliphatic heterocycles. The van der Waals surface area contributed by atoms with Crippen molar-refractivity contribution in [2.75, 3.05) is 0 Å². The van der Waals surface area contributed by atoms with Gasteiger partial charge < -0.3 is 0 Å². The lowest BCUT2D eigenvalue weighted by atomic mass is 9.84. The molecule has 0 nitrogen and oxygen atoms in total. The summed E-state index contributed by atoms with van der Waals surface area (Å²) in [4.78, 5) is 0. The van der Waals surface area contributed by atoms with Crippen LogP contribution in [0.15, 0.2) is 84.9 Å². The van der Waals surface area contributed by atoms with E-state index in [4.69, 9.17) is 0 Å². The zero-order valence-electron chi connectivity index (χ0n) is 13.6. The van der Waals surface area contributed by atoms with E-state index >= 15 is 0 Å². The molecule has 0 heterocycles. The molecule has 0 saturated heterocycles. The van der Waals surface area contributed by atoms with Crippen LogP contribution in [0.1, 0.15) is 29.2 Å². The van der Waals surface area contributed by atoms with Crippen LogP contribution in [0.2, 0.25) is 0 Å². The van der Waals surface area contributed by atoms with Gasteiger partial charge in [0.15, 0.2) is 0 Å². The molecule has 0 aromatic heterocycles. The molecule has 3 aromatic rings. The standard InChI is InChI=1S/C23H20/c1-17-11-9-10-16-20(17)23(2)21(18-12-5-3-6-13-18)22(23)19-14-7-4-8-15-19/h3-16H,1-2H3. The molecule has 0 N–H and O–H groups in total. The molecule has 1 aliphatic carbocycles. The Morgan fingerprint density at radius 2 is 1.00 bits per heavy atom. The Kier molecular flexibility index (Phi) is 3.20. The molecule has 23 heavy (non-hydrogen) atoms. The van der Waals surface area contributed by atoms with Crippen LogP contribution in [0.4, 0.5) is 0 Å². The molecule has 0 bridgehead atoms. The van der Waals surface area contributed by atoms with Crippen LogP contribution < -0.4 is 0 Å². The molecule has 0 heteroatoms. The molecule has 0 amide bonds. The third-order valence-corrected chi connectivity index (χ3v) is 5.00. The second kappa shape index (κ2) is 5.24. The van der Waals surface area contributed by atoms with Gasteiger partial charge in [0.1, 0.15) is 0 Å². The maximum atomic E-state index is 2.36. The molecule has 0 radical (unpaired) electrons. The normalized spacial score (nSPS) is 15.6. The zero-order chi connectivity index (χ0) is 15.9. The van der Waals surface area contributed by atoms with Gasteiger partial charge in [-0.15, -0.1) is 0 Å². The molecular weight excluding hydrogens is 276 g/mol. The predicted octanol–water partition coefficient (Wildman–Crippen LogP) is 5.88. The Morgan fingerprint density at radius 3 is 1.48 bits per heavy atom. The summed E-state index contributed by atoms with van der Waals surface area (Å²) >= 11 is 0. The van der Waals surface area contributed by atoms with Crippen molar-refractivity contribution in [3.8, 4) is 0 Å². The minimum absolute atomic E-state index is 0.00799. The van der Waals surface area contributed by atoms with E-state index in [0.717, 1.165) is 0 Å². The van der Waals surface area contributed by atoms with Crippen molar-refractivity contribution in [1.82, 2.24) is 0 Å². The highest BCUT2D eigenvalue weighted by Crippen LogP contribution is 2.64. The minimum Gasteiger partial charge on any atom is -0.0622 e. The summed E-state index contributed by atoms with van der Waals surface area (Å²) in [5.74, 6) is 0. The molecule has 0 spiro atoms. The average molecular weight is 296 g/mol. The van der Waals surface area contributed by atoms with Crippen LogP contribution >= 0.6 is 0 Å². The number of aryl methyl sites for hydroxylation is 1. The highest BCUT2D eigenvalue weighted by atomic mass is 14.5. The number of rotatable bonds is 3. The quantitative estimate of drug-likeness (QED) is 0.566. The van der Waals surface area contributed by atoms with Gasteiger partial charge in [0.05, 0.1) is 0 Å². The molecule has 0 fully saturated rings. The monoisotopic (exact) mass is 296 g/mol. The molecule has 0 saturated carbocycles. The number of hydrogen-bond acceptors (Lipinski definition) is 0. The van der Waals surface area contributed by atoms with E-state index in [-0.39, 0.29) is 5.41 Å². The molecule has 1 aliphatic rings. The van der Waals surface area contributed by atoms with Gasteiger partial charge in [-0.2, -0.15) is 0 Å². The van der Waals surface area contributed by atoms with Crippen LogP contribution in [0.5, 0.6) is 0 Å². The largest absolute Gasteiger partial charge is 0.0622 e. The van der Waals surface area contributed by atoms with Crippen molar-refractivity contribution in [2.45, 2.75) is 19.3 Å². The van der Waals surface area contributed by atoms with Gasteiger partial charge in [0.2, 0.25) is 0 Å². The van der Waals surface area contributed by atoms with Crippen LogP contribution in [-0.2, 0) is 5.41 Å². The lowest BCUT2D eigenvalue weighted by Crippen LogP contribution is -2.09. The summed E-state index contributed by atoms with van der Waals surface area (Å²) < 4.78 is 0. The minimum atomic E-state index is 0.00799. The van der Waals surface area contributed by atoms with Crippen LogP contribution in [0, 0.1) is 6.92 Å².